The molecule has 20 heavy (non-hydrogen) atoms. The van der Waals surface area contributed by atoms with Gasteiger partial charge in [-0.15, -0.1) is 0 Å². The van der Waals surface area contributed by atoms with Crippen molar-refractivity contribution in [1.82, 2.24) is 9.80 Å². The predicted molar refractivity (Wildman–Crippen MR) is 84.4 cm³/mol. The van der Waals surface area contributed by atoms with Gasteiger partial charge in [-0.05, 0) is 25.6 Å². The summed E-state index contributed by atoms with van der Waals surface area (Å²) in [6, 6.07) is 12.9. The van der Waals surface area contributed by atoms with Gasteiger partial charge >= 0.3 is 0 Å². The fourth-order valence-corrected chi connectivity index (χ4v) is 2.39. The summed E-state index contributed by atoms with van der Waals surface area (Å²) < 4.78 is 0. The summed E-state index contributed by atoms with van der Waals surface area (Å²) in [6.07, 6.45) is 0.546. The van der Waals surface area contributed by atoms with Crippen molar-refractivity contribution >= 4 is 0 Å². The molecule has 0 saturated heterocycles. The highest BCUT2D eigenvalue weighted by molar-refractivity contribution is 5.20. The van der Waals surface area contributed by atoms with Gasteiger partial charge in [0.25, 0.3) is 0 Å². The van der Waals surface area contributed by atoms with E-state index in [0.29, 0.717) is 12.3 Å². The largest absolute Gasteiger partial charge is 0.308 e. The molecule has 0 N–H and O–H groups in total. The Balaban J connectivity index is 2.89. The van der Waals surface area contributed by atoms with Crippen LogP contribution in [0.15, 0.2) is 30.3 Å². The molecule has 3 heteroatoms. The molecular weight excluding hydrogens is 246 g/mol. The van der Waals surface area contributed by atoms with Crippen LogP contribution in [0.4, 0.5) is 0 Å². The van der Waals surface area contributed by atoms with Gasteiger partial charge in [0.1, 0.15) is 0 Å². The van der Waals surface area contributed by atoms with E-state index in [2.05, 4.69) is 68.1 Å². The molecule has 0 amide bonds. The van der Waals surface area contributed by atoms with Gasteiger partial charge in [0, 0.05) is 25.7 Å². The number of nitriles is 1. The van der Waals surface area contributed by atoms with E-state index in [4.69, 9.17) is 0 Å². The van der Waals surface area contributed by atoms with Crippen LogP contribution in [0, 0.1) is 17.2 Å². The summed E-state index contributed by atoms with van der Waals surface area (Å²) >= 11 is 0. The van der Waals surface area contributed by atoms with Crippen molar-refractivity contribution in [3.05, 3.63) is 35.9 Å². The van der Waals surface area contributed by atoms with Crippen LogP contribution in [0.2, 0.25) is 0 Å². The second-order valence-electron chi connectivity index (χ2n) is 5.98. The van der Waals surface area contributed by atoms with Gasteiger partial charge in [0.2, 0.25) is 0 Å². The molecule has 1 rings (SSSR count). The van der Waals surface area contributed by atoms with Crippen molar-refractivity contribution in [3.8, 4) is 6.07 Å². The average molecular weight is 273 g/mol. The second kappa shape index (κ2) is 8.73. The summed E-state index contributed by atoms with van der Waals surface area (Å²) in [5.41, 5.74) is 1.24. The third-order valence-electron chi connectivity index (χ3n) is 3.34. The fraction of sp³-hybridized carbons (Fsp3) is 0.588. The van der Waals surface area contributed by atoms with E-state index >= 15 is 0 Å². The first-order chi connectivity index (χ1) is 9.54. The Labute approximate surface area is 123 Å². The van der Waals surface area contributed by atoms with E-state index in [9.17, 15) is 5.26 Å². The second-order valence-corrected chi connectivity index (χ2v) is 5.98. The van der Waals surface area contributed by atoms with Gasteiger partial charge in [0.05, 0.1) is 12.5 Å². The van der Waals surface area contributed by atoms with Crippen LogP contribution in [0.3, 0.4) is 0 Å². The topological polar surface area (TPSA) is 30.3 Å². The molecule has 1 aromatic rings. The summed E-state index contributed by atoms with van der Waals surface area (Å²) in [5, 5.41) is 9.17. The minimum atomic E-state index is 0.198. The third-order valence-corrected chi connectivity index (χ3v) is 3.34. The monoisotopic (exact) mass is 273 g/mol. The number of likely N-dealkylation sites (N-methyl/N-ethyl adjacent to an activating group) is 1. The highest BCUT2D eigenvalue weighted by Crippen LogP contribution is 2.24. The van der Waals surface area contributed by atoms with Crippen molar-refractivity contribution in [3.63, 3.8) is 0 Å². The summed E-state index contributed by atoms with van der Waals surface area (Å²) in [5.74, 6) is 0.599. The first-order valence-corrected chi connectivity index (χ1v) is 7.35. The molecule has 0 radical (unpaired) electrons. The summed E-state index contributed by atoms with van der Waals surface area (Å²) in [4.78, 5) is 4.64. The Kier molecular flexibility index (Phi) is 7.28. The van der Waals surface area contributed by atoms with Crippen LogP contribution < -0.4 is 0 Å². The van der Waals surface area contributed by atoms with E-state index in [1.807, 2.05) is 6.07 Å². The van der Waals surface area contributed by atoms with Gasteiger partial charge < -0.3 is 4.90 Å². The zero-order valence-electron chi connectivity index (χ0n) is 13.2. The molecule has 0 aromatic heterocycles. The number of rotatable bonds is 8. The molecule has 1 unspecified atom stereocenters. The molecule has 0 spiro atoms. The van der Waals surface area contributed by atoms with Crippen LogP contribution in [0.1, 0.15) is 31.9 Å². The molecule has 1 aromatic carbocycles. The van der Waals surface area contributed by atoms with Gasteiger partial charge in [-0.3, -0.25) is 4.90 Å². The maximum absolute atomic E-state index is 9.17. The SMILES string of the molecule is CC(C)CN(CCN(C)C)C(CC#N)c1ccccc1. The first kappa shape index (κ1) is 16.7. The van der Waals surface area contributed by atoms with Crippen LogP contribution in [-0.4, -0.2) is 43.5 Å². The first-order valence-electron chi connectivity index (χ1n) is 7.35. The summed E-state index contributed by atoms with van der Waals surface area (Å²) in [6.45, 7) is 7.50. The van der Waals surface area contributed by atoms with Crippen LogP contribution >= 0.6 is 0 Å². The smallest absolute Gasteiger partial charge is 0.0641 e. The van der Waals surface area contributed by atoms with E-state index in [0.717, 1.165) is 19.6 Å². The van der Waals surface area contributed by atoms with Crippen molar-refractivity contribution in [2.24, 2.45) is 5.92 Å². The van der Waals surface area contributed by atoms with Crippen LogP contribution in [0.5, 0.6) is 0 Å². The standard InChI is InChI=1S/C17H27N3/c1-15(2)14-20(13-12-19(3)4)17(10-11-18)16-8-6-5-7-9-16/h5-9,15,17H,10,12-14H2,1-4H3. The molecule has 0 aliphatic carbocycles. The van der Waals surface area contributed by atoms with Crippen molar-refractivity contribution in [2.75, 3.05) is 33.7 Å². The minimum absolute atomic E-state index is 0.198. The van der Waals surface area contributed by atoms with E-state index < -0.39 is 0 Å². The molecular formula is C17H27N3. The molecule has 0 heterocycles. The lowest BCUT2D eigenvalue weighted by Crippen LogP contribution is -2.37. The van der Waals surface area contributed by atoms with Crippen molar-refractivity contribution in [2.45, 2.75) is 26.3 Å². The van der Waals surface area contributed by atoms with Crippen LogP contribution in [0.25, 0.3) is 0 Å². The molecule has 0 aliphatic rings. The lowest BCUT2D eigenvalue weighted by Gasteiger charge is -2.33. The molecule has 0 aliphatic heterocycles. The van der Waals surface area contributed by atoms with Crippen LogP contribution in [-0.2, 0) is 0 Å². The van der Waals surface area contributed by atoms with E-state index in [-0.39, 0.29) is 6.04 Å². The van der Waals surface area contributed by atoms with Gasteiger partial charge in [-0.1, -0.05) is 44.2 Å². The maximum atomic E-state index is 9.17. The molecule has 0 bridgehead atoms. The highest BCUT2D eigenvalue weighted by atomic mass is 15.2. The van der Waals surface area contributed by atoms with Gasteiger partial charge in [-0.2, -0.15) is 5.26 Å². The lowest BCUT2D eigenvalue weighted by atomic mass is 10.0. The number of benzene rings is 1. The molecule has 1 atom stereocenters. The van der Waals surface area contributed by atoms with Crippen molar-refractivity contribution in [1.29, 1.82) is 5.26 Å². The summed E-state index contributed by atoms with van der Waals surface area (Å²) in [7, 11) is 4.19. The third kappa shape index (κ3) is 5.73. The molecule has 110 valence electrons. The quantitative estimate of drug-likeness (QED) is 0.729. The normalized spacial score (nSPS) is 12.9. The van der Waals surface area contributed by atoms with Gasteiger partial charge in [0.15, 0.2) is 0 Å². The Morgan fingerprint density at radius 3 is 2.25 bits per heavy atom. The molecule has 0 fully saturated rings. The fourth-order valence-electron chi connectivity index (χ4n) is 2.39. The average Bonchev–Trinajstić information content (AvgIpc) is 2.41. The molecule has 0 saturated carbocycles. The Morgan fingerprint density at radius 2 is 1.75 bits per heavy atom. The zero-order chi connectivity index (χ0) is 15.0. The van der Waals surface area contributed by atoms with Crippen molar-refractivity contribution < 1.29 is 0 Å². The number of hydrogen-bond donors (Lipinski definition) is 0. The Morgan fingerprint density at radius 1 is 1.10 bits per heavy atom. The lowest BCUT2D eigenvalue weighted by molar-refractivity contribution is 0.161. The number of nitrogens with zero attached hydrogens (tertiary/aromatic N) is 3. The Hall–Kier alpha value is -1.37. The Bertz CT molecular complexity index is 406. The highest BCUT2D eigenvalue weighted by Gasteiger charge is 2.20. The molecule has 3 nitrogen and oxygen atoms in total. The van der Waals surface area contributed by atoms with E-state index in [1.54, 1.807) is 0 Å². The van der Waals surface area contributed by atoms with E-state index in [1.165, 1.54) is 5.56 Å². The maximum Gasteiger partial charge on any atom is 0.0641 e. The number of hydrogen-bond acceptors (Lipinski definition) is 3. The predicted octanol–water partition coefficient (Wildman–Crippen LogP) is 3.16. The van der Waals surface area contributed by atoms with Gasteiger partial charge in [-0.25, -0.2) is 0 Å². The zero-order valence-corrected chi connectivity index (χ0v) is 13.2. The minimum Gasteiger partial charge on any atom is -0.308 e.